The van der Waals surface area contributed by atoms with Gasteiger partial charge in [0.1, 0.15) is 23.2 Å². The molecule has 1 saturated heterocycles. The number of phenolic OH excluding ortho intramolecular Hbond substituents is 1. The molecule has 1 unspecified atom stereocenters. The molecule has 0 radical (unpaired) electrons. The monoisotopic (exact) mass is 425 g/mol. The number of hydrogen-bond donors (Lipinski definition) is 3. The third-order valence-electron chi connectivity index (χ3n) is 4.58. The van der Waals surface area contributed by atoms with Crippen LogP contribution in [0.25, 0.3) is 0 Å². The first-order valence-corrected chi connectivity index (χ1v) is 9.80. The van der Waals surface area contributed by atoms with E-state index < -0.39 is 35.2 Å². The van der Waals surface area contributed by atoms with E-state index in [9.17, 15) is 24.6 Å². The number of phenols is 1. The molecule has 0 spiro atoms. The Bertz CT molecular complexity index is 871. The second kappa shape index (κ2) is 9.82. The molecule has 0 aliphatic carbocycles. The summed E-state index contributed by atoms with van der Waals surface area (Å²) in [6, 6.07) is 4.00. The molecular formula is C19H20N3NaO5S. The van der Waals surface area contributed by atoms with Crippen molar-refractivity contribution in [3.8, 4) is 5.75 Å². The van der Waals surface area contributed by atoms with Gasteiger partial charge in [-0.3, -0.25) is 14.5 Å². The summed E-state index contributed by atoms with van der Waals surface area (Å²) < 4.78 is 0. The number of fused-ring (bicyclic) bond motifs is 1. The Hall–Kier alpha value is -1.78. The van der Waals surface area contributed by atoms with Gasteiger partial charge in [0.15, 0.2) is 0 Å². The van der Waals surface area contributed by atoms with E-state index in [2.05, 4.69) is 5.32 Å². The van der Waals surface area contributed by atoms with E-state index in [0.717, 1.165) is 11.3 Å². The van der Waals surface area contributed by atoms with Crippen LogP contribution >= 0.6 is 11.8 Å². The van der Waals surface area contributed by atoms with Crippen molar-refractivity contribution >= 4 is 29.5 Å². The molecule has 1 aromatic carbocycles. The molecular weight excluding hydrogens is 405 g/mol. The molecule has 2 amide bonds. The predicted octanol–water partition coefficient (Wildman–Crippen LogP) is -3.23. The van der Waals surface area contributed by atoms with Gasteiger partial charge in [0.2, 0.25) is 5.91 Å². The summed E-state index contributed by atoms with van der Waals surface area (Å²) in [4.78, 5) is 37.7. The van der Waals surface area contributed by atoms with E-state index in [1.807, 2.05) is 13.0 Å². The number of hydrogen-bond acceptors (Lipinski definition) is 7. The summed E-state index contributed by atoms with van der Waals surface area (Å²) in [7, 11) is 0. The molecule has 10 heteroatoms. The van der Waals surface area contributed by atoms with Crippen LogP contribution in [0.2, 0.25) is 0 Å². The first-order valence-electron chi connectivity index (χ1n) is 8.75. The Kier molecular flexibility index (Phi) is 7.95. The predicted molar refractivity (Wildman–Crippen MR) is 102 cm³/mol. The van der Waals surface area contributed by atoms with Crippen LogP contribution in [-0.2, 0) is 14.4 Å². The number of thioether (sulfide) groups is 1. The van der Waals surface area contributed by atoms with E-state index >= 15 is 0 Å². The van der Waals surface area contributed by atoms with Crippen molar-refractivity contribution in [1.29, 1.82) is 0 Å². The van der Waals surface area contributed by atoms with Gasteiger partial charge in [0, 0.05) is 5.75 Å². The number of carboxylic acid groups (broad SMARTS) is 1. The average molecular weight is 425 g/mol. The molecule has 1 fully saturated rings. The van der Waals surface area contributed by atoms with Crippen LogP contribution in [0.3, 0.4) is 0 Å². The number of nitrogens with zero attached hydrogens (tertiary/aromatic N) is 1. The third kappa shape index (κ3) is 4.70. The van der Waals surface area contributed by atoms with Crippen LogP contribution in [0.4, 0.5) is 0 Å². The number of aromatic hydroxyl groups is 1. The van der Waals surface area contributed by atoms with Gasteiger partial charge < -0.3 is 26.1 Å². The van der Waals surface area contributed by atoms with Crippen LogP contribution in [0, 0.1) is 0 Å². The third-order valence-corrected chi connectivity index (χ3v) is 5.88. The number of β-lactam (4-membered cyclic amide) rings is 1. The molecule has 3 rings (SSSR count). The Morgan fingerprint density at radius 3 is 2.66 bits per heavy atom. The fraction of sp³-hybridized carbons (Fsp3) is 0.316. The zero-order valence-corrected chi connectivity index (χ0v) is 18.9. The van der Waals surface area contributed by atoms with Crippen LogP contribution < -0.4 is 45.7 Å². The van der Waals surface area contributed by atoms with Crippen molar-refractivity contribution in [2.24, 2.45) is 5.73 Å². The molecule has 2 aliphatic heterocycles. The molecule has 0 bridgehead atoms. The van der Waals surface area contributed by atoms with Crippen LogP contribution in [0.1, 0.15) is 24.9 Å². The topological polar surface area (TPSA) is 136 Å². The van der Waals surface area contributed by atoms with E-state index in [-0.39, 0.29) is 41.0 Å². The molecule has 2 aliphatic rings. The number of rotatable bonds is 6. The zero-order valence-electron chi connectivity index (χ0n) is 16.1. The number of allylic oxidation sites excluding steroid dienone is 2. The molecule has 148 valence electrons. The Balaban J connectivity index is 0.00000300. The molecule has 2 heterocycles. The standard InChI is InChI=1S/C19H21N3O5S.Na/c1-2-3-4-11-9-28-18-14(17(25)22(18)15(11)19(26)27)21-16(24)13(20)10-5-7-12(23)8-6-10;/h3-8,13-14,18,23H,2,9,20H2,1H3,(H,21,24)(H,26,27);/q;+1/p-1/b4-3-;/t13?,14-,18-;/m1./s1. The van der Waals surface area contributed by atoms with Crippen molar-refractivity contribution in [3.63, 3.8) is 0 Å². The Labute approximate surface area is 194 Å². The van der Waals surface area contributed by atoms with Crippen molar-refractivity contribution in [3.05, 3.63) is 53.3 Å². The van der Waals surface area contributed by atoms with Crippen LogP contribution in [0.5, 0.6) is 5.75 Å². The molecule has 1 aromatic rings. The minimum atomic E-state index is -1.42. The Morgan fingerprint density at radius 1 is 1.41 bits per heavy atom. The van der Waals surface area contributed by atoms with Crippen molar-refractivity contribution in [2.75, 3.05) is 5.75 Å². The van der Waals surface area contributed by atoms with Crippen molar-refractivity contribution in [2.45, 2.75) is 30.8 Å². The van der Waals surface area contributed by atoms with Gasteiger partial charge in [-0.2, -0.15) is 0 Å². The van der Waals surface area contributed by atoms with E-state index in [1.54, 1.807) is 6.08 Å². The second-order valence-electron chi connectivity index (χ2n) is 6.44. The minimum absolute atomic E-state index is 0. The zero-order chi connectivity index (χ0) is 20.4. The quantitative estimate of drug-likeness (QED) is 0.322. The number of carbonyl (C=O) groups is 3. The van der Waals surface area contributed by atoms with Gasteiger partial charge >= 0.3 is 29.6 Å². The minimum Gasteiger partial charge on any atom is -0.543 e. The maximum absolute atomic E-state index is 12.5. The maximum atomic E-state index is 12.5. The number of amides is 2. The number of nitrogens with one attached hydrogen (secondary N) is 1. The van der Waals surface area contributed by atoms with Gasteiger partial charge in [0.05, 0.1) is 11.7 Å². The fourth-order valence-electron chi connectivity index (χ4n) is 3.10. The van der Waals surface area contributed by atoms with Crippen molar-refractivity contribution < 1.29 is 54.2 Å². The molecule has 4 N–H and O–H groups in total. The average Bonchev–Trinajstić information content (AvgIpc) is 2.69. The summed E-state index contributed by atoms with van der Waals surface area (Å²) >= 11 is 1.37. The fourth-order valence-corrected chi connectivity index (χ4v) is 4.41. The molecule has 8 nitrogen and oxygen atoms in total. The van der Waals surface area contributed by atoms with Crippen LogP contribution in [-0.4, -0.2) is 45.0 Å². The SMILES string of the molecule is CC/C=C\C1=C(C(=O)[O-])N2C(=O)[C@@H](NC(=O)C(N)c3ccc(O)cc3)[C@H]2SC1.[Na+]. The number of benzene rings is 1. The van der Waals surface area contributed by atoms with Gasteiger partial charge in [-0.25, -0.2) is 0 Å². The number of carbonyl (C=O) groups excluding carboxylic acids is 3. The normalized spacial score (nSPS) is 21.9. The summed E-state index contributed by atoms with van der Waals surface area (Å²) in [5, 5.41) is 23.0. The van der Waals surface area contributed by atoms with Gasteiger partial charge in [0.25, 0.3) is 5.91 Å². The van der Waals surface area contributed by atoms with Crippen molar-refractivity contribution in [1.82, 2.24) is 10.2 Å². The number of carboxylic acids is 1. The number of aliphatic carboxylic acids is 1. The van der Waals surface area contributed by atoms with Gasteiger partial charge in [-0.05, 0) is 29.7 Å². The van der Waals surface area contributed by atoms with E-state index in [4.69, 9.17) is 5.73 Å². The summed E-state index contributed by atoms with van der Waals surface area (Å²) in [5.41, 5.74) is 6.79. The first-order chi connectivity index (χ1) is 13.3. The largest absolute Gasteiger partial charge is 1.00 e. The summed E-state index contributed by atoms with van der Waals surface area (Å²) in [5.74, 6) is -2.04. The Morgan fingerprint density at radius 2 is 2.07 bits per heavy atom. The van der Waals surface area contributed by atoms with Crippen LogP contribution in [0.15, 0.2) is 47.7 Å². The van der Waals surface area contributed by atoms with E-state index in [1.165, 1.54) is 36.0 Å². The summed E-state index contributed by atoms with van der Waals surface area (Å²) in [6.45, 7) is 1.92. The van der Waals surface area contributed by atoms with E-state index in [0.29, 0.717) is 16.9 Å². The molecule has 29 heavy (non-hydrogen) atoms. The summed E-state index contributed by atoms with van der Waals surface area (Å²) in [6.07, 6.45) is 4.24. The smallest absolute Gasteiger partial charge is 0.543 e. The maximum Gasteiger partial charge on any atom is 1.00 e. The van der Waals surface area contributed by atoms with Gasteiger partial charge in [-0.15, -0.1) is 11.8 Å². The van der Waals surface area contributed by atoms with Gasteiger partial charge in [-0.1, -0.05) is 31.2 Å². The molecule has 3 atom stereocenters. The molecule has 0 saturated carbocycles. The second-order valence-corrected chi connectivity index (χ2v) is 7.54. The number of nitrogens with two attached hydrogens (primary N) is 1. The first kappa shape index (κ1) is 23.5. The molecule has 0 aromatic heterocycles.